The summed E-state index contributed by atoms with van der Waals surface area (Å²) in [5.74, 6) is -0.298. The minimum atomic E-state index is -0.377. The highest BCUT2D eigenvalue weighted by Crippen LogP contribution is 2.34. The zero-order chi connectivity index (χ0) is 24.4. The van der Waals surface area contributed by atoms with Crippen molar-refractivity contribution in [3.05, 3.63) is 76.2 Å². The first kappa shape index (κ1) is 23.3. The van der Waals surface area contributed by atoms with E-state index in [1.165, 1.54) is 11.7 Å². The number of carbonyl (C=O) groups is 2. The molecule has 0 saturated heterocycles. The Bertz CT molecular complexity index is 1430. The maximum Gasteiger partial charge on any atom is 0.271 e. The molecule has 0 unspecified atom stereocenters. The third-order valence-corrected chi connectivity index (χ3v) is 5.92. The first-order chi connectivity index (χ1) is 16.3. The minimum absolute atomic E-state index is 0.123. The molecule has 0 aliphatic rings. The molecular formula is C26H28N4O4. The molecule has 0 aliphatic heterocycles. The van der Waals surface area contributed by atoms with Gasteiger partial charge in [0.25, 0.3) is 11.5 Å². The van der Waals surface area contributed by atoms with Crippen LogP contribution in [0, 0.1) is 0 Å². The third kappa shape index (κ3) is 4.08. The van der Waals surface area contributed by atoms with Crippen LogP contribution < -0.4 is 15.6 Å². The Balaban J connectivity index is 1.92. The number of aromatic nitrogens is 2. The Kier molecular flexibility index (Phi) is 6.51. The van der Waals surface area contributed by atoms with Crippen molar-refractivity contribution in [3.63, 3.8) is 0 Å². The van der Waals surface area contributed by atoms with Crippen molar-refractivity contribution in [3.8, 4) is 5.75 Å². The topological polar surface area (TPSA) is 85.6 Å². The van der Waals surface area contributed by atoms with Gasteiger partial charge in [-0.25, -0.2) is 0 Å². The molecular weight excluding hydrogens is 432 g/mol. The van der Waals surface area contributed by atoms with Gasteiger partial charge in [-0.15, -0.1) is 0 Å². The lowest BCUT2D eigenvalue weighted by Crippen LogP contribution is -2.32. The summed E-state index contributed by atoms with van der Waals surface area (Å²) in [5, 5.41) is 3.93. The second-order valence-electron chi connectivity index (χ2n) is 8.42. The van der Waals surface area contributed by atoms with Gasteiger partial charge in [-0.1, -0.05) is 48.5 Å². The van der Waals surface area contributed by atoms with E-state index in [9.17, 15) is 14.4 Å². The van der Waals surface area contributed by atoms with Crippen LogP contribution in [0.4, 0.5) is 0 Å². The summed E-state index contributed by atoms with van der Waals surface area (Å²) < 4.78 is 8.77. The van der Waals surface area contributed by atoms with E-state index in [0.717, 1.165) is 5.39 Å². The van der Waals surface area contributed by atoms with Crippen LogP contribution in [0.25, 0.3) is 21.8 Å². The molecule has 8 heteroatoms. The smallest absolute Gasteiger partial charge is 0.271 e. The van der Waals surface area contributed by atoms with E-state index in [1.54, 1.807) is 35.9 Å². The van der Waals surface area contributed by atoms with Crippen molar-refractivity contribution < 1.29 is 14.3 Å². The summed E-state index contributed by atoms with van der Waals surface area (Å²) in [6, 6.07) is 16.3. The number of carbonyl (C=O) groups excluding carboxylic acids is 2. The molecule has 0 spiro atoms. The van der Waals surface area contributed by atoms with Gasteiger partial charge in [0, 0.05) is 31.1 Å². The maximum atomic E-state index is 13.8. The van der Waals surface area contributed by atoms with E-state index in [0.29, 0.717) is 29.7 Å². The molecule has 0 radical (unpaired) electrons. The van der Waals surface area contributed by atoms with Crippen LogP contribution >= 0.6 is 0 Å². The Morgan fingerprint density at radius 3 is 2.38 bits per heavy atom. The van der Waals surface area contributed by atoms with Gasteiger partial charge in [-0.05, 0) is 20.2 Å². The predicted molar refractivity (Wildman–Crippen MR) is 133 cm³/mol. The number of methoxy groups -OCH3 is 1. The van der Waals surface area contributed by atoms with Crippen LogP contribution in [0.2, 0.25) is 0 Å². The number of hydrogen-bond acceptors (Lipinski definition) is 5. The third-order valence-electron chi connectivity index (χ3n) is 5.92. The molecule has 2 aromatic carbocycles. The standard InChI is InChI=1S/C26H28N4O4/c1-28(2)15-14-27-25(32)23-24(34-4)21-22(29(23)3)18-12-8-9-13-19(18)30(26(21)33)16-20(31)17-10-6-5-7-11-17/h5-13H,14-16H2,1-4H3,(H,27,32). The monoisotopic (exact) mass is 460 g/mol. The molecule has 0 saturated carbocycles. The van der Waals surface area contributed by atoms with Gasteiger partial charge in [-0.3, -0.25) is 19.0 Å². The summed E-state index contributed by atoms with van der Waals surface area (Å²) in [5.41, 5.74) is 1.63. The average molecular weight is 461 g/mol. The maximum absolute atomic E-state index is 13.8. The number of likely N-dealkylation sites (N-methyl/N-ethyl adjacent to an activating group) is 1. The van der Waals surface area contributed by atoms with Gasteiger partial charge in [0.05, 0.1) is 24.7 Å². The zero-order valence-corrected chi connectivity index (χ0v) is 19.8. The summed E-state index contributed by atoms with van der Waals surface area (Å²) in [6.45, 7) is 1.00. The van der Waals surface area contributed by atoms with Crippen molar-refractivity contribution >= 4 is 33.5 Å². The van der Waals surface area contributed by atoms with Crippen LogP contribution in [0.3, 0.4) is 0 Å². The number of para-hydroxylation sites is 1. The molecule has 2 aromatic heterocycles. The summed E-state index contributed by atoms with van der Waals surface area (Å²) in [7, 11) is 7.04. The van der Waals surface area contributed by atoms with Gasteiger partial charge in [0.15, 0.2) is 17.2 Å². The van der Waals surface area contributed by atoms with Gasteiger partial charge in [0.1, 0.15) is 5.39 Å². The Morgan fingerprint density at radius 1 is 1.03 bits per heavy atom. The van der Waals surface area contributed by atoms with E-state index in [2.05, 4.69) is 5.32 Å². The van der Waals surface area contributed by atoms with Crippen molar-refractivity contribution in [1.82, 2.24) is 19.4 Å². The number of nitrogens with zero attached hydrogens (tertiary/aromatic N) is 3. The first-order valence-electron chi connectivity index (χ1n) is 11.0. The lowest BCUT2D eigenvalue weighted by atomic mass is 10.1. The Morgan fingerprint density at radius 2 is 1.71 bits per heavy atom. The van der Waals surface area contributed by atoms with E-state index in [4.69, 9.17) is 4.74 Å². The number of benzene rings is 2. The summed E-state index contributed by atoms with van der Waals surface area (Å²) in [6.07, 6.45) is 0. The number of ketones is 1. The number of fused-ring (bicyclic) bond motifs is 3. The fraction of sp³-hybridized carbons (Fsp3) is 0.269. The second-order valence-corrected chi connectivity index (χ2v) is 8.42. The number of pyridine rings is 1. The molecule has 1 N–H and O–H groups in total. The molecule has 0 fully saturated rings. The zero-order valence-electron chi connectivity index (χ0n) is 19.8. The Labute approximate surface area is 197 Å². The lowest BCUT2D eigenvalue weighted by molar-refractivity contribution is 0.0938. The molecule has 8 nitrogen and oxygen atoms in total. The molecule has 34 heavy (non-hydrogen) atoms. The van der Waals surface area contributed by atoms with E-state index in [-0.39, 0.29) is 40.6 Å². The lowest BCUT2D eigenvalue weighted by Gasteiger charge is -2.12. The highest BCUT2D eigenvalue weighted by Gasteiger charge is 2.27. The fourth-order valence-electron chi connectivity index (χ4n) is 4.27. The van der Waals surface area contributed by atoms with Gasteiger partial charge in [-0.2, -0.15) is 0 Å². The highest BCUT2D eigenvalue weighted by molar-refractivity contribution is 6.12. The molecule has 0 atom stereocenters. The SMILES string of the molecule is COc1c(C(=O)NCCN(C)C)n(C)c2c1c(=O)n(CC(=O)c1ccccc1)c1ccccc21. The van der Waals surface area contributed by atoms with Crippen molar-refractivity contribution in [2.45, 2.75) is 6.54 Å². The molecule has 0 bridgehead atoms. The molecule has 176 valence electrons. The van der Waals surface area contributed by atoms with Crippen LogP contribution in [-0.4, -0.2) is 60.0 Å². The number of aryl methyl sites for hydroxylation is 1. The number of ether oxygens (including phenoxy) is 1. The first-order valence-corrected chi connectivity index (χ1v) is 11.0. The quantitative estimate of drug-likeness (QED) is 0.409. The predicted octanol–water partition coefficient (Wildman–Crippen LogP) is 2.68. The molecule has 2 heterocycles. The van der Waals surface area contributed by atoms with E-state index in [1.807, 2.05) is 49.3 Å². The van der Waals surface area contributed by atoms with E-state index < -0.39 is 0 Å². The number of hydrogen-bond donors (Lipinski definition) is 1. The van der Waals surface area contributed by atoms with Gasteiger partial charge in [0.2, 0.25) is 0 Å². The average Bonchev–Trinajstić information content (AvgIpc) is 3.14. The van der Waals surface area contributed by atoms with Crippen LogP contribution in [0.1, 0.15) is 20.8 Å². The molecule has 4 rings (SSSR count). The Hall–Kier alpha value is -3.91. The molecule has 4 aromatic rings. The van der Waals surface area contributed by atoms with Crippen LogP contribution in [0.5, 0.6) is 5.75 Å². The number of Topliss-reactive ketones (excluding diaryl/α,β-unsaturated/α-hetero) is 1. The van der Waals surface area contributed by atoms with Crippen molar-refractivity contribution in [2.24, 2.45) is 7.05 Å². The number of nitrogens with one attached hydrogen (secondary N) is 1. The van der Waals surface area contributed by atoms with Crippen LogP contribution in [0.15, 0.2) is 59.4 Å². The largest absolute Gasteiger partial charge is 0.493 e. The normalized spacial score (nSPS) is 11.3. The van der Waals surface area contributed by atoms with Gasteiger partial charge >= 0.3 is 0 Å². The number of amides is 1. The highest BCUT2D eigenvalue weighted by atomic mass is 16.5. The number of rotatable bonds is 8. The van der Waals surface area contributed by atoms with Gasteiger partial charge < -0.3 is 19.5 Å². The second kappa shape index (κ2) is 9.52. The minimum Gasteiger partial charge on any atom is -0.493 e. The summed E-state index contributed by atoms with van der Waals surface area (Å²) in [4.78, 5) is 41.8. The summed E-state index contributed by atoms with van der Waals surface area (Å²) >= 11 is 0. The molecule has 0 aliphatic carbocycles. The van der Waals surface area contributed by atoms with Crippen molar-refractivity contribution in [2.75, 3.05) is 34.3 Å². The fourth-order valence-corrected chi connectivity index (χ4v) is 4.27. The van der Waals surface area contributed by atoms with Crippen LogP contribution in [-0.2, 0) is 13.6 Å². The van der Waals surface area contributed by atoms with E-state index >= 15 is 0 Å². The van der Waals surface area contributed by atoms with Crippen molar-refractivity contribution in [1.29, 1.82) is 0 Å². The molecule has 1 amide bonds.